The fourth-order valence-corrected chi connectivity index (χ4v) is 1.35. The van der Waals surface area contributed by atoms with E-state index in [1.165, 1.54) is 0 Å². The van der Waals surface area contributed by atoms with Gasteiger partial charge in [0.2, 0.25) is 0 Å². The van der Waals surface area contributed by atoms with Gasteiger partial charge in [0, 0.05) is 11.6 Å². The van der Waals surface area contributed by atoms with Crippen LogP contribution >= 0.6 is 11.6 Å². The second-order valence-electron chi connectivity index (χ2n) is 3.57. The summed E-state index contributed by atoms with van der Waals surface area (Å²) < 4.78 is 0. The summed E-state index contributed by atoms with van der Waals surface area (Å²) in [5.74, 6) is 0. The third-order valence-electron chi connectivity index (χ3n) is 1.98. The first kappa shape index (κ1) is 10.5. The third kappa shape index (κ3) is 2.44. The molecule has 2 nitrogen and oxygen atoms in total. The highest BCUT2D eigenvalue weighted by Gasteiger charge is 2.16. The van der Waals surface area contributed by atoms with Gasteiger partial charge in [0.05, 0.1) is 5.60 Å². The van der Waals surface area contributed by atoms with Gasteiger partial charge in [-0.25, -0.2) is 0 Å². The van der Waals surface area contributed by atoms with Crippen LogP contribution in [0, 0.1) is 0 Å². The second-order valence-corrected chi connectivity index (χ2v) is 3.98. The third-order valence-corrected chi connectivity index (χ3v) is 2.33. The summed E-state index contributed by atoms with van der Waals surface area (Å²) in [7, 11) is 0. The Kier molecular flexibility index (Phi) is 2.96. The molecule has 0 aromatic heterocycles. The SMILES string of the molecule is CC(C)(O)c1ccc(CN)c(Cl)c1. The van der Waals surface area contributed by atoms with Crippen LogP contribution in [0.25, 0.3) is 0 Å². The summed E-state index contributed by atoms with van der Waals surface area (Å²) in [5.41, 5.74) is 6.31. The molecule has 72 valence electrons. The average Bonchev–Trinajstić information content (AvgIpc) is 2.02. The topological polar surface area (TPSA) is 46.2 Å². The van der Waals surface area contributed by atoms with Gasteiger partial charge in [0.15, 0.2) is 0 Å². The molecule has 1 aromatic rings. The Morgan fingerprint density at radius 2 is 2.08 bits per heavy atom. The average molecular weight is 200 g/mol. The van der Waals surface area contributed by atoms with Gasteiger partial charge in [-0.15, -0.1) is 0 Å². The molecule has 0 spiro atoms. The zero-order valence-corrected chi connectivity index (χ0v) is 8.60. The molecular formula is C10H14ClNO. The van der Waals surface area contributed by atoms with Crippen LogP contribution in [-0.2, 0) is 12.1 Å². The van der Waals surface area contributed by atoms with Gasteiger partial charge < -0.3 is 10.8 Å². The minimum Gasteiger partial charge on any atom is -0.386 e. The van der Waals surface area contributed by atoms with E-state index in [0.29, 0.717) is 11.6 Å². The molecule has 0 heterocycles. The van der Waals surface area contributed by atoms with E-state index in [-0.39, 0.29) is 0 Å². The molecular weight excluding hydrogens is 186 g/mol. The van der Waals surface area contributed by atoms with Crippen LogP contribution in [0.5, 0.6) is 0 Å². The lowest BCUT2D eigenvalue weighted by Crippen LogP contribution is -2.15. The fraction of sp³-hybridized carbons (Fsp3) is 0.400. The molecule has 0 fully saturated rings. The smallest absolute Gasteiger partial charge is 0.0841 e. The van der Waals surface area contributed by atoms with Crippen LogP contribution in [0.2, 0.25) is 5.02 Å². The molecule has 1 rings (SSSR count). The summed E-state index contributed by atoms with van der Waals surface area (Å²) in [6.45, 7) is 3.87. The highest BCUT2D eigenvalue weighted by Crippen LogP contribution is 2.25. The van der Waals surface area contributed by atoms with E-state index < -0.39 is 5.60 Å². The standard InChI is InChI=1S/C10H14ClNO/c1-10(2,13)8-4-3-7(6-12)9(11)5-8/h3-5,13H,6,12H2,1-2H3. The highest BCUT2D eigenvalue weighted by molar-refractivity contribution is 6.31. The normalized spacial score (nSPS) is 11.8. The predicted octanol–water partition coefficient (Wildman–Crippen LogP) is 2.03. The van der Waals surface area contributed by atoms with Crippen LogP contribution in [-0.4, -0.2) is 5.11 Å². The van der Waals surface area contributed by atoms with Crippen molar-refractivity contribution in [1.82, 2.24) is 0 Å². The zero-order valence-electron chi connectivity index (χ0n) is 7.84. The van der Waals surface area contributed by atoms with Crippen LogP contribution in [0.4, 0.5) is 0 Å². The van der Waals surface area contributed by atoms with Gasteiger partial charge in [-0.05, 0) is 31.0 Å². The van der Waals surface area contributed by atoms with Crippen molar-refractivity contribution in [2.45, 2.75) is 26.0 Å². The van der Waals surface area contributed by atoms with Gasteiger partial charge >= 0.3 is 0 Å². The van der Waals surface area contributed by atoms with Crippen molar-refractivity contribution in [3.8, 4) is 0 Å². The number of benzene rings is 1. The molecule has 0 unspecified atom stereocenters. The Morgan fingerprint density at radius 3 is 2.46 bits per heavy atom. The van der Waals surface area contributed by atoms with E-state index in [1.54, 1.807) is 19.9 Å². The van der Waals surface area contributed by atoms with Crippen molar-refractivity contribution in [3.63, 3.8) is 0 Å². The minimum atomic E-state index is -0.850. The highest BCUT2D eigenvalue weighted by atomic mass is 35.5. The number of nitrogens with two attached hydrogens (primary N) is 1. The number of hydrogen-bond donors (Lipinski definition) is 2. The Morgan fingerprint density at radius 1 is 1.46 bits per heavy atom. The first-order chi connectivity index (χ1) is 5.95. The maximum atomic E-state index is 9.69. The number of halogens is 1. The Hall–Kier alpha value is -0.570. The zero-order chi connectivity index (χ0) is 10.1. The van der Waals surface area contributed by atoms with Gasteiger partial charge in [-0.2, -0.15) is 0 Å². The van der Waals surface area contributed by atoms with Crippen LogP contribution < -0.4 is 5.73 Å². The van der Waals surface area contributed by atoms with E-state index in [1.807, 2.05) is 12.1 Å². The molecule has 0 atom stereocenters. The van der Waals surface area contributed by atoms with Crippen molar-refractivity contribution < 1.29 is 5.11 Å². The maximum Gasteiger partial charge on any atom is 0.0841 e. The van der Waals surface area contributed by atoms with E-state index in [2.05, 4.69) is 0 Å². The summed E-state index contributed by atoms with van der Waals surface area (Å²) in [5, 5.41) is 10.3. The predicted molar refractivity (Wildman–Crippen MR) is 54.6 cm³/mol. The van der Waals surface area contributed by atoms with Crippen molar-refractivity contribution in [1.29, 1.82) is 0 Å². The van der Waals surface area contributed by atoms with Crippen molar-refractivity contribution in [2.24, 2.45) is 5.73 Å². The van der Waals surface area contributed by atoms with Crippen LogP contribution in [0.1, 0.15) is 25.0 Å². The first-order valence-corrected chi connectivity index (χ1v) is 4.54. The molecule has 0 saturated heterocycles. The molecule has 1 aromatic carbocycles. The van der Waals surface area contributed by atoms with Gasteiger partial charge in [-0.1, -0.05) is 23.7 Å². The Balaban J connectivity index is 3.10. The molecule has 0 aliphatic heterocycles. The molecule has 0 radical (unpaired) electrons. The van der Waals surface area contributed by atoms with Crippen LogP contribution in [0.3, 0.4) is 0 Å². The molecule has 0 saturated carbocycles. The van der Waals surface area contributed by atoms with Gasteiger partial charge in [-0.3, -0.25) is 0 Å². The maximum absolute atomic E-state index is 9.69. The molecule has 0 amide bonds. The molecule has 3 N–H and O–H groups in total. The summed E-state index contributed by atoms with van der Waals surface area (Å²) >= 11 is 5.94. The number of aliphatic hydroxyl groups is 1. The Bertz CT molecular complexity index is 304. The lowest BCUT2D eigenvalue weighted by molar-refractivity contribution is 0.0786. The molecule has 0 bridgehead atoms. The van der Waals surface area contributed by atoms with Crippen molar-refractivity contribution in [2.75, 3.05) is 0 Å². The van der Waals surface area contributed by atoms with Crippen LogP contribution in [0.15, 0.2) is 18.2 Å². The molecule has 13 heavy (non-hydrogen) atoms. The van der Waals surface area contributed by atoms with E-state index >= 15 is 0 Å². The summed E-state index contributed by atoms with van der Waals surface area (Å²) in [6, 6.07) is 5.44. The van der Waals surface area contributed by atoms with Gasteiger partial charge in [0.25, 0.3) is 0 Å². The van der Waals surface area contributed by atoms with Gasteiger partial charge in [0.1, 0.15) is 0 Å². The van der Waals surface area contributed by atoms with E-state index in [9.17, 15) is 5.11 Å². The van der Waals surface area contributed by atoms with E-state index in [0.717, 1.165) is 11.1 Å². The molecule has 0 aliphatic carbocycles. The molecule has 3 heteroatoms. The quantitative estimate of drug-likeness (QED) is 0.766. The van der Waals surface area contributed by atoms with E-state index in [4.69, 9.17) is 17.3 Å². The number of rotatable bonds is 2. The molecule has 0 aliphatic rings. The lowest BCUT2D eigenvalue weighted by atomic mass is 9.97. The summed E-state index contributed by atoms with van der Waals surface area (Å²) in [4.78, 5) is 0. The minimum absolute atomic E-state index is 0.422. The number of hydrogen-bond acceptors (Lipinski definition) is 2. The second kappa shape index (κ2) is 3.66. The Labute approximate surface area is 83.3 Å². The monoisotopic (exact) mass is 199 g/mol. The van der Waals surface area contributed by atoms with Crippen molar-refractivity contribution >= 4 is 11.6 Å². The largest absolute Gasteiger partial charge is 0.386 e. The van der Waals surface area contributed by atoms with Crippen molar-refractivity contribution in [3.05, 3.63) is 34.3 Å². The fourth-order valence-electron chi connectivity index (χ4n) is 1.09. The lowest BCUT2D eigenvalue weighted by Gasteiger charge is -2.18. The summed E-state index contributed by atoms with van der Waals surface area (Å²) in [6.07, 6.45) is 0. The first-order valence-electron chi connectivity index (χ1n) is 4.16.